The van der Waals surface area contributed by atoms with E-state index < -0.39 is 17.0 Å². The smallest absolute Gasteiger partial charge is 0.350 e. The molecule has 1 N–H and O–H groups in total. The summed E-state index contributed by atoms with van der Waals surface area (Å²) in [6.07, 6.45) is 0.583. The van der Waals surface area contributed by atoms with Crippen molar-refractivity contribution >= 4 is 23.5 Å². The lowest BCUT2D eigenvalue weighted by Crippen LogP contribution is -2.05. The van der Waals surface area contributed by atoms with E-state index >= 15 is 0 Å². The average molecular weight is 179 g/mol. The number of rotatable bonds is 3. The van der Waals surface area contributed by atoms with Gasteiger partial charge in [0.2, 0.25) is 0 Å². The van der Waals surface area contributed by atoms with Crippen LogP contribution in [0.1, 0.15) is 6.92 Å². The summed E-state index contributed by atoms with van der Waals surface area (Å²) in [5.74, 6) is -2.10. The molecule has 0 amide bonds. The van der Waals surface area contributed by atoms with Crippen LogP contribution in [0, 0.1) is 0 Å². The Labute approximate surface area is 68.4 Å². The van der Waals surface area contributed by atoms with E-state index in [0.29, 0.717) is 6.08 Å². The highest BCUT2D eigenvalue weighted by atomic mass is 35.5. The Morgan fingerprint density at radius 1 is 1.64 bits per heavy atom. The third-order valence-corrected chi connectivity index (χ3v) is 0.984. The van der Waals surface area contributed by atoms with Crippen molar-refractivity contribution in [2.75, 3.05) is 6.61 Å². The second-order valence-electron chi connectivity index (χ2n) is 1.55. The minimum absolute atomic E-state index is 0.169. The SMILES string of the molecule is CCOC(=O)/C(Cl)=C\C(=O)O. The van der Waals surface area contributed by atoms with Gasteiger partial charge in [-0.3, -0.25) is 0 Å². The number of ether oxygens (including phenoxy) is 1. The lowest BCUT2D eigenvalue weighted by atomic mass is 10.5. The maximum atomic E-state index is 10.6. The summed E-state index contributed by atoms with van der Waals surface area (Å²) in [5.41, 5.74) is 0. The first kappa shape index (κ1) is 9.97. The Hall–Kier alpha value is -1.03. The number of esters is 1. The number of hydrogen-bond donors (Lipinski definition) is 1. The maximum Gasteiger partial charge on any atom is 0.350 e. The second kappa shape index (κ2) is 4.73. The van der Waals surface area contributed by atoms with E-state index in [-0.39, 0.29) is 6.61 Å². The monoisotopic (exact) mass is 178 g/mol. The van der Waals surface area contributed by atoms with Gasteiger partial charge < -0.3 is 9.84 Å². The van der Waals surface area contributed by atoms with Crippen molar-refractivity contribution in [3.05, 3.63) is 11.1 Å². The first-order chi connectivity index (χ1) is 5.07. The predicted octanol–water partition coefficient (Wildman–Crippen LogP) is 0.757. The molecule has 0 aliphatic heterocycles. The van der Waals surface area contributed by atoms with Gasteiger partial charge in [0.1, 0.15) is 5.03 Å². The molecule has 0 spiro atoms. The van der Waals surface area contributed by atoms with E-state index in [0.717, 1.165) is 0 Å². The maximum absolute atomic E-state index is 10.6. The van der Waals surface area contributed by atoms with Crippen LogP contribution in [0.4, 0.5) is 0 Å². The van der Waals surface area contributed by atoms with Gasteiger partial charge in [0, 0.05) is 6.08 Å². The number of hydrogen-bond acceptors (Lipinski definition) is 3. The number of halogens is 1. The van der Waals surface area contributed by atoms with E-state index in [1.165, 1.54) is 0 Å². The Morgan fingerprint density at radius 3 is 2.55 bits per heavy atom. The third-order valence-electron chi connectivity index (χ3n) is 0.721. The van der Waals surface area contributed by atoms with Gasteiger partial charge in [-0.15, -0.1) is 0 Å². The van der Waals surface area contributed by atoms with Crippen LogP contribution < -0.4 is 0 Å². The summed E-state index contributed by atoms with van der Waals surface area (Å²) in [6, 6.07) is 0. The van der Waals surface area contributed by atoms with Crippen molar-refractivity contribution in [1.29, 1.82) is 0 Å². The Balaban J connectivity index is 4.12. The molecule has 11 heavy (non-hydrogen) atoms. The fourth-order valence-electron chi connectivity index (χ4n) is 0.367. The van der Waals surface area contributed by atoms with Crippen LogP contribution in [0.2, 0.25) is 0 Å². The van der Waals surface area contributed by atoms with Crippen LogP contribution in [0.15, 0.2) is 11.1 Å². The number of carbonyl (C=O) groups excluding carboxylic acids is 1. The van der Waals surface area contributed by atoms with Crippen LogP contribution in [0.3, 0.4) is 0 Å². The standard InChI is InChI=1S/C6H7ClO4/c1-2-11-6(10)4(7)3-5(8)9/h3H,2H2,1H3,(H,8,9)/b4-3+. The highest BCUT2D eigenvalue weighted by molar-refractivity contribution is 6.42. The normalized spacial score (nSPS) is 10.9. The van der Waals surface area contributed by atoms with Crippen LogP contribution >= 0.6 is 11.6 Å². The predicted molar refractivity (Wildman–Crippen MR) is 38.2 cm³/mol. The van der Waals surface area contributed by atoms with E-state index in [9.17, 15) is 9.59 Å². The van der Waals surface area contributed by atoms with E-state index in [1.807, 2.05) is 0 Å². The molecule has 5 heteroatoms. The molecule has 0 saturated carbocycles. The molecule has 0 aromatic carbocycles. The quantitative estimate of drug-likeness (QED) is 0.512. The zero-order chi connectivity index (χ0) is 8.85. The van der Waals surface area contributed by atoms with Crippen molar-refractivity contribution < 1.29 is 19.4 Å². The topological polar surface area (TPSA) is 63.6 Å². The molecule has 4 nitrogen and oxygen atoms in total. The van der Waals surface area contributed by atoms with Gasteiger partial charge >= 0.3 is 11.9 Å². The first-order valence-electron chi connectivity index (χ1n) is 2.85. The first-order valence-corrected chi connectivity index (χ1v) is 3.23. The van der Waals surface area contributed by atoms with E-state index in [2.05, 4.69) is 4.74 Å². The van der Waals surface area contributed by atoms with Crippen LogP contribution in [0.5, 0.6) is 0 Å². The van der Waals surface area contributed by atoms with Crippen LogP contribution in [-0.2, 0) is 14.3 Å². The Morgan fingerprint density at radius 2 is 2.18 bits per heavy atom. The molecule has 0 radical (unpaired) electrons. The average Bonchev–Trinajstić information content (AvgIpc) is 1.86. The van der Waals surface area contributed by atoms with Crippen molar-refractivity contribution in [3.63, 3.8) is 0 Å². The summed E-state index contributed by atoms with van der Waals surface area (Å²) < 4.78 is 4.40. The van der Waals surface area contributed by atoms with Gasteiger partial charge in [-0.2, -0.15) is 0 Å². The third kappa shape index (κ3) is 4.38. The van der Waals surface area contributed by atoms with Crippen LogP contribution in [0.25, 0.3) is 0 Å². The van der Waals surface area contributed by atoms with Crippen molar-refractivity contribution in [2.24, 2.45) is 0 Å². The summed E-state index contributed by atoms with van der Waals surface area (Å²) in [5, 5.41) is 7.70. The van der Waals surface area contributed by atoms with Gasteiger partial charge in [-0.05, 0) is 6.92 Å². The Bertz CT molecular complexity index is 197. The van der Waals surface area contributed by atoms with Gasteiger partial charge in [-0.25, -0.2) is 9.59 Å². The highest BCUT2D eigenvalue weighted by Crippen LogP contribution is 2.02. The second-order valence-corrected chi connectivity index (χ2v) is 1.96. The molecular formula is C6H7ClO4. The van der Waals surface area contributed by atoms with Gasteiger partial charge in [-0.1, -0.05) is 11.6 Å². The fourth-order valence-corrected chi connectivity index (χ4v) is 0.515. The molecule has 0 aromatic heterocycles. The molecule has 0 fully saturated rings. The van der Waals surface area contributed by atoms with E-state index in [1.54, 1.807) is 6.92 Å². The minimum atomic E-state index is -1.27. The summed E-state index contributed by atoms with van der Waals surface area (Å²) in [7, 11) is 0. The van der Waals surface area contributed by atoms with Gasteiger partial charge in [0.15, 0.2) is 0 Å². The zero-order valence-corrected chi connectivity index (χ0v) is 6.59. The summed E-state index contributed by atoms with van der Waals surface area (Å²) in [6.45, 7) is 1.77. The molecule has 0 rings (SSSR count). The molecule has 0 aromatic rings. The molecule has 0 aliphatic carbocycles. The van der Waals surface area contributed by atoms with Gasteiger partial charge in [0.25, 0.3) is 0 Å². The van der Waals surface area contributed by atoms with E-state index in [4.69, 9.17) is 16.7 Å². The van der Waals surface area contributed by atoms with Gasteiger partial charge in [0.05, 0.1) is 6.61 Å². The Kier molecular flexibility index (Phi) is 4.29. The number of carboxylic acid groups (broad SMARTS) is 1. The fraction of sp³-hybridized carbons (Fsp3) is 0.333. The molecule has 0 unspecified atom stereocenters. The van der Waals surface area contributed by atoms with Crippen molar-refractivity contribution in [2.45, 2.75) is 6.92 Å². The molecule has 0 aliphatic rings. The number of carboxylic acids is 1. The molecule has 0 atom stereocenters. The summed E-state index contributed by atoms with van der Waals surface area (Å²) >= 11 is 5.21. The molecule has 62 valence electrons. The highest BCUT2D eigenvalue weighted by Gasteiger charge is 2.08. The number of carbonyl (C=O) groups is 2. The van der Waals surface area contributed by atoms with Crippen LogP contribution in [-0.4, -0.2) is 23.7 Å². The van der Waals surface area contributed by atoms with Crippen molar-refractivity contribution in [3.8, 4) is 0 Å². The molecular weight excluding hydrogens is 172 g/mol. The molecule has 0 bridgehead atoms. The zero-order valence-electron chi connectivity index (χ0n) is 5.83. The lowest BCUT2D eigenvalue weighted by molar-refractivity contribution is -0.138. The molecule has 0 heterocycles. The summed E-state index contributed by atoms with van der Waals surface area (Å²) in [4.78, 5) is 20.5. The van der Waals surface area contributed by atoms with Crippen molar-refractivity contribution in [1.82, 2.24) is 0 Å². The largest absolute Gasteiger partial charge is 0.478 e. The minimum Gasteiger partial charge on any atom is -0.478 e. The number of aliphatic carboxylic acids is 1. The molecule has 0 saturated heterocycles. The lowest BCUT2D eigenvalue weighted by Gasteiger charge is -1.96.